The minimum absolute atomic E-state index is 0.0863. The highest BCUT2D eigenvalue weighted by atomic mass is 16.5. The van der Waals surface area contributed by atoms with Crippen molar-refractivity contribution in [1.82, 2.24) is 0 Å². The van der Waals surface area contributed by atoms with Gasteiger partial charge < -0.3 is 9.64 Å². The van der Waals surface area contributed by atoms with Gasteiger partial charge in [0.2, 0.25) is 0 Å². The zero-order chi connectivity index (χ0) is 11.3. The van der Waals surface area contributed by atoms with Gasteiger partial charge in [-0.2, -0.15) is 0 Å². The van der Waals surface area contributed by atoms with Crippen LogP contribution in [0.15, 0.2) is 24.3 Å². The van der Waals surface area contributed by atoms with Crippen molar-refractivity contribution >= 4 is 11.5 Å². The van der Waals surface area contributed by atoms with Crippen LogP contribution >= 0.6 is 0 Å². The highest BCUT2D eigenvalue weighted by Crippen LogP contribution is 2.17. The van der Waals surface area contributed by atoms with Gasteiger partial charge >= 0.3 is 0 Å². The maximum Gasteiger partial charge on any atom is 0.177 e. The fourth-order valence-electron chi connectivity index (χ4n) is 1.55. The average Bonchev–Trinajstić information content (AvgIpc) is 2.18. The molecule has 0 aromatic heterocycles. The van der Waals surface area contributed by atoms with E-state index in [4.69, 9.17) is 4.74 Å². The Balaban J connectivity index is 2.65. The summed E-state index contributed by atoms with van der Waals surface area (Å²) in [6.07, 6.45) is 0. The van der Waals surface area contributed by atoms with Gasteiger partial charge in [-0.05, 0) is 18.6 Å². The molecule has 82 valence electrons. The summed E-state index contributed by atoms with van der Waals surface area (Å²) < 4.78 is 4.79. The van der Waals surface area contributed by atoms with Crippen LogP contribution in [-0.4, -0.2) is 33.1 Å². The Hall–Kier alpha value is -1.35. The maximum absolute atomic E-state index is 11.4. The number of likely N-dealkylation sites (N-methyl/N-ethyl adjacent to an activating group) is 1. The highest BCUT2D eigenvalue weighted by Gasteiger charge is 2.08. The molecular formula is C12H17NO2. The summed E-state index contributed by atoms with van der Waals surface area (Å²) >= 11 is 0. The standard InChI is InChI=1S/C12H17NO2/c1-10-6-4-5-7-12(10)13(2)8-11(14)9-15-3/h4-7H,8-9H2,1-3H3. The van der Waals surface area contributed by atoms with Crippen LogP contribution in [0.4, 0.5) is 5.69 Å². The lowest BCUT2D eigenvalue weighted by atomic mass is 10.2. The van der Waals surface area contributed by atoms with Crippen molar-refractivity contribution in [2.45, 2.75) is 6.92 Å². The molecule has 3 nitrogen and oxygen atoms in total. The topological polar surface area (TPSA) is 29.5 Å². The van der Waals surface area contributed by atoms with Crippen molar-refractivity contribution in [2.75, 3.05) is 32.2 Å². The largest absolute Gasteiger partial charge is 0.377 e. The van der Waals surface area contributed by atoms with Gasteiger partial charge in [0, 0.05) is 19.8 Å². The smallest absolute Gasteiger partial charge is 0.177 e. The van der Waals surface area contributed by atoms with Gasteiger partial charge in [0.15, 0.2) is 5.78 Å². The lowest BCUT2D eigenvalue weighted by Gasteiger charge is -2.20. The number of para-hydroxylation sites is 1. The number of carbonyl (C=O) groups excluding carboxylic acids is 1. The molecule has 0 spiro atoms. The second-order valence-electron chi connectivity index (χ2n) is 3.61. The molecule has 0 radical (unpaired) electrons. The second-order valence-corrected chi connectivity index (χ2v) is 3.61. The predicted octanol–water partition coefficient (Wildman–Crippen LogP) is 1.65. The monoisotopic (exact) mass is 207 g/mol. The van der Waals surface area contributed by atoms with Crippen molar-refractivity contribution in [2.24, 2.45) is 0 Å². The van der Waals surface area contributed by atoms with E-state index in [0.29, 0.717) is 6.54 Å². The third kappa shape index (κ3) is 3.36. The number of hydrogen-bond donors (Lipinski definition) is 0. The number of anilines is 1. The number of ether oxygens (including phenoxy) is 1. The molecule has 1 aromatic rings. The summed E-state index contributed by atoms with van der Waals surface area (Å²) in [5.41, 5.74) is 2.26. The Labute approximate surface area is 90.7 Å². The van der Waals surface area contributed by atoms with Gasteiger partial charge in [0.25, 0.3) is 0 Å². The van der Waals surface area contributed by atoms with Crippen LogP contribution < -0.4 is 4.90 Å². The average molecular weight is 207 g/mol. The first-order valence-electron chi connectivity index (χ1n) is 4.92. The Morgan fingerprint density at radius 2 is 2.07 bits per heavy atom. The molecule has 0 saturated carbocycles. The van der Waals surface area contributed by atoms with Gasteiger partial charge in [-0.3, -0.25) is 4.79 Å². The number of benzene rings is 1. The van der Waals surface area contributed by atoms with Crippen LogP contribution in [0.25, 0.3) is 0 Å². The van der Waals surface area contributed by atoms with Crippen LogP contribution in [0.2, 0.25) is 0 Å². The summed E-state index contributed by atoms with van der Waals surface area (Å²) in [6.45, 7) is 2.60. The fourth-order valence-corrected chi connectivity index (χ4v) is 1.55. The zero-order valence-electron chi connectivity index (χ0n) is 9.49. The number of rotatable bonds is 5. The normalized spacial score (nSPS) is 10.1. The van der Waals surface area contributed by atoms with Crippen molar-refractivity contribution in [3.63, 3.8) is 0 Å². The molecule has 0 aliphatic rings. The van der Waals surface area contributed by atoms with Gasteiger partial charge in [-0.15, -0.1) is 0 Å². The van der Waals surface area contributed by atoms with Crippen LogP contribution in [-0.2, 0) is 9.53 Å². The molecule has 0 aliphatic carbocycles. The minimum atomic E-state index is 0.0863. The Bertz CT molecular complexity index is 336. The number of carbonyl (C=O) groups is 1. The van der Waals surface area contributed by atoms with E-state index < -0.39 is 0 Å². The minimum Gasteiger partial charge on any atom is -0.377 e. The molecule has 3 heteroatoms. The van der Waals surface area contributed by atoms with Gasteiger partial charge in [0.05, 0.1) is 6.54 Å². The molecular weight excluding hydrogens is 190 g/mol. The number of aryl methyl sites for hydroxylation is 1. The van der Waals surface area contributed by atoms with Gasteiger partial charge in [-0.1, -0.05) is 18.2 Å². The molecule has 15 heavy (non-hydrogen) atoms. The number of Topliss-reactive ketones (excluding diaryl/α,β-unsaturated/α-hetero) is 1. The van der Waals surface area contributed by atoms with Crippen LogP contribution in [0.1, 0.15) is 5.56 Å². The summed E-state index contributed by atoms with van der Waals surface area (Å²) in [4.78, 5) is 13.3. The van der Waals surface area contributed by atoms with Crippen molar-refractivity contribution < 1.29 is 9.53 Å². The summed E-state index contributed by atoms with van der Waals surface area (Å²) in [7, 11) is 3.45. The van der Waals surface area contributed by atoms with E-state index in [1.807, 2.05) is 43.1 Å². The van der Waals surface area contributed by atoms with E-state index >= 15 is 0 Å². The van der Waals surface area contributed by atoms with Crippen LogP contribution in [0.5, 0.6) is 0 Å². The second kappa shape index (κ2) is 5.51. The Morgan fingerprint density at radius 3 is 2.67 bits per heavy atom. The third-order valence-electron chi connectivity index (χ3n) is 2.25. The number of methoxy groups -OCH3 is 1. The van der Waals surface area contributed by atoms with Crippen LogP contribution in [0.3, 0.4) is 0 Å². The molecule has 0 heterocycles. The first-order valence-corrected chi connectivity index (χ1v) is 4.92. The molecule has 1 rings (SSSR count). The van der Waals surface area contributed by atoms with Crippen LogP contribution in [0, 0.1) is 6.92 Å². The lowest BCUT2D eigenvalue weighted by Crippen LogP contribution is -2.28. The number of ketones is 1. The van der Waals surface area contributed by atoms with E-state index in [9.17, 15) is 4.79 Å². The van der Waals surface area contributed by atoms with E-state index in [2.05, 4.69) is 0 Å². The zero-order valence-corrected chi connectivity index (χ0v) is 9.49. The van der Waals surface area contributed by atoms with Crippen molar-refractivity contribution in [3.8, 4) is 0 Å². The molecule has 0 fully saturated rings. The number of nitrogens with zero attached hydrogens (tertiary/aromatic N) is 1. The predicted molar refractivity (Wildman–Crippen MR) is 61.3 cm³/mol. The first-order chi connectivity index (χ1) is 7.15. The third-order valence-corrected chi connectivity index (χ3v) is 2.25. The molecule has 0 bridgehead atoms. The van der Waals surface area contributed by atoms with E-state index in [1.54, 1.807) is 0 Å². The van der Waals surface area contributed by atoms with E-state index in [-0.39, 0.29) is 12.4 Å². The maximum atomic E-state index is 11.4. The summed E-state index contributed by atoms with van der Waals surface area (Å²) in [5, 5.41) is 0. The van der Waals surface area contributed by atoms with E-state index in [1.165, 1.54) is 12.7 Å². The lowest BCUT2D eigenvalue weighted by molar-refractivity contribution is -0.121. The Kier molecular flexibility index (Phi) is 4.31. The molecule has 0 N–H and O–H groups in total. The molecule has 0 unspecified atom stereocenters. The summed E-state index contributed by atoms with van der Waals surface area (Å²) in [5.74, 6) is 0.0863. The molecule has 0 amide bonds. The first kappa shape index (κ1) is 11.7. The molecule has 1 aromatic carbocycles. The summed E-state index contributed by atoms with van der Waals surface area (Å²) in [6, 6.07) is 8.01. The van der Waals surface area contributed by atoms with Gasteiger partial charge in [0.1, 0.15) is 6.61 Å². The number of hydrogen-bond acceptors (Lipinski definition) is 3. The molecule has 0 aliphatic heterocycles. The molecule has 0 atom stereocenters. The quantitative estimate of drug-likeness (QED) is 0.735. The van der Waals surface area contributed by atoms with Crippen molar-refractivity contribution in [1.29, 1.82) is 0 Å². The Morgan fingerprint density at radius 1 is 1.40 bits per heavy atom. The molecule has 0 saturated heterocycles. The van der Waals surface area contributed by atoms with Crippen molar-refractivity contribution in [3.05, 3.63) is 29.8 Å². The fraction of sp³-hybridized carbons (Fsp3) is 0.417. The SMILES string of the molecule is COCC(=O)CN(C)c1ccccc1C. The van der Waals surface area contributed by atoms with Gasteiger partial charge in [-0.25, -0.2) is 0 Å². The van der Waals surface area contributed by atoms with E-state index in [0.717, 1.165) is 5.69 Å². The highest BCUT2D eigenvalue weighted by molar-refractivity contribution is 5.84.